The summed E-state index contributed by atoms with van der Waals surface area (Å²) in [5, 5.41) is 2.90. The first-order valence-corrected chi connectivity index (χ1v) is 11.3. The molecule has 0 aromatic heterocycles. The molecule has 3 aromatic rings. The fraction of sp³-hybridized carbons (Fsp3) is 0.208. The number of sulfonamides is 1. The molecular weight excluding hydrogens is 396 g/mol. The van der Waals surface area contributed by atoms with Crippen LogP contribution in [0.15, 0.2) is 77.7 Å². The molecule has 0 fully saturated rings. The minimum absolute atomic E-state index is 0.0897. The van der Waals surface area contributed by atoms with Gasteiger partial charge in [-0.05, 0) is 55.2 Å². The Bertz CT molecular complexity index is 1120. The van der Waals surface area contributed by atoms with E-state index in [-0.39, 0.29) is 16.7 Å². The summed E-state index contributed by atoms with van der Waals surface area (Å²) in [4.78, 5) is 12.7. The van der Waals surface area contributed by atoms with Gasteiger partial charge in [-0.15, -0.1) is 0 Å². The standard InChI is InChI=1S/C24H26N2O3S/c1-17-9-13-22(14-10-17)26-30(28,29)23-15-21(12-11-18(23)2)24(27)25-16-19(3)20-7-5-4-6-8-20/h4-15,19,26H,16H2,1-3H3,(H,25,27)/t19-/m1/s1. The molecule has 0 aliphatic carbocycles. The maximum absolute atomic E-state index is 12.9. The highest BCUT2D eigenvalue weighted by atomic mass is 32.2. The lowest BCUT2D eigenvalue weighted by molar-refractivity contribution is 0.0951. The molecule has 1 atom stereocenters. The van der Waals surface area contributed by atoms with E-state index in [1.807, 2.05) is 56.3 Å². The Kier molecular flexibility index (Phi) is 6.57. The Morgan fingerprint density at radius 3 is 2.27 bits per heavy atom. The molecule has 0 spiro atoms. The molecule has 0 radical (unpaired) electrons. The topological polar surface area (TPSA) is 75.3 Å². The van der Waals surface area contributed by atoms with Gasteiger partial charge in [0.2, 0.25) is 0 Å². The number of carbonyl (C=O) groups is 1. The van der Waals surface area contributed by atoms with E-state index in [0.717, 1.165) is 11.1 Å². The predicted octanol–water partition coefficient (Wildman–Crippen LogP) is 4.64. The van der Waals surface area contributed by atoms with Gasteiger partial charge in [0.1, 0.15) is 0 Å². The molecule has 30 heavy (non-hydrogen) atoms. The SMILES string of the molecule is Cc1ccc(NS(=O)(=O)c2cc(C(=O)NC[C@@H](C)c3ccccc3)ccc2C)cc1. The summed E-state index contributed by atoms with van der Waals surface area (Å²) >= 11 is 0. The van der Waals surface area contributed by atoms with Crippen LogP contribution < -0.4 is 10.0 Å². The van der Waals surface area contributed by atoms with Crippen LogP contribution in [-0.2, 0) is 10.0 Å². The maximum atomic E-state index is 12.9. The summed E-state index contributed by atoms with van der Waals surface area (Å²) < 4.78 is 28.4. The van der Waals surface area contributed by atoms with Crippen LogP contribution in [-0.4, -0.2) is 20.9 Å². The minimum Gasteiger partial charge on any atom is -0.351 e. The van der Waals surface area contributed by atoms with Gasteiger partial charge < -0.3 is 5.32 Å². The van der Waals surface area contributed by atoms with E-state index in [0.29, 0.717) is 23.4 Å². The maximum Gasteiger partial charge on any atom is 0.262 e. The molecule has 2 N–H and O–H groups in total. The molecule has 5 nitrogen and oxygen atoms in total. The lowest BCUT2D eigenvalue weighted by Gasteiger charge is -2.15. The minimum atomic E-state index is -3.82. The van der Waals surface area contributed by atoms with Gasteiger partial charge in [0, 0.05) is 17.8 Å². The van der Waals surface area contributed by atoms with Crippen molar-refractivity contribution in [3.63, 3.8) is 0 Å². The largest absolute Gasteiger partial charge is 0.351 e. The van der Waals surface area contributed by atoms with Crippen LogP contribution >= 0.6 is 0 Å². The van der Waals surface area contributed by atoms with Crippen LogP contribution in [0.2, 0.25) is 0 Å². The van der Waals surface area contributed by atoms with Gasteiger partial charge in [0.15, 0.2) is 0 Å². The summed E-state index contributed by atoms with van der Waals surface area (Å²) in [6.07, 6.45) is 0. The van der Waals surface area contributed by atoms with Crippen molar-refractivity contribution < 1.29 is 13.2 Å². The van der Waals surface area contributed by atoms with Crippen LogP contribution in [0, 0.1) is 13.8 Å². The van der Waals surface area contributed by atoms with Crippen molar-refractivity contribution >= 4 is 21.6 Å². The van der Waals surface area contributed by atoms with Gasteiger partial charge in [-0.3, -0.25) is 9.52 Å². The molecule has 0 heterocycles. The Labute approximate surface area is 178 Å². The third kappa shape index (κ3) is 5.27. The summed E-state index contributed by atoms with van der Waals surface area (Å²) in [7, 11) is -3.82. The van der Waals surface area contributed by atoms with Gasteiger partial charge in [0.25, 0.3) is 15.9 Å². The fourth-order valence-corrected chi connectivity index (χ4v) is 4.44. The number of aryl methyl sites for hydroxylation is 2. The van der Waals surface area contributed by atoms with E-state index in [1.165, 1.54) is 6.07 Å². The van der Waals surface area contributed by atoms with Crippen LogP contribution in [0.3, 0.4) is 0 Å². The van der Waals surface area contributed by atoms with Gasteiger partial charge in [-0.1, -0.05) is 61.0 Å². The molecule has 0 aliphatic rings. The average molecular weight is 423 g/mol. The Morgan fingerprint density at radius 1 is 0.933 bits per heavy atom. The first kappa shape index (κ1) is 21.6. The second-order valence-corrected chi connectivity index (χ2v) is 9.12. The lowest BCUT2D eigenvalue weighted by Crippen LogP contribution is -2.28. The van der Waals surface area contributed by atoms with Crippen molar-refractivity contribution in [2.75, 3.05) is 11.3 Å². The first-order chi connectivity index (χ1) is 14.3. The Hall–Kier alpha value is -3.12. The zero-order valence-electron chi connectivity index (χ0n) is 17.3. The van der Waals surface area contributed by atoms with Crippen LogP contribution in [0.25, 0.3) is 0 Å². The molecule has 1 amide bonds. The van der Waals surface area contributed by atoms with Crippen molar-refractivity contribution in [3.05, 3.63) is 95.1 Å². The van der Waals surface area contributed by atoms with E-state index >= 15 is 0 Å². The summed E-state index contributed by atoms with van der Waals surface area (Å²) in [6.45, 7) is 6.14. The van der Waals surface area contributed by atoms with Gasteiger partial charge >= 0.3 is 0 Å². The Balaban J connectivity index is 1.75. The smallest absolute Gasteiger partial charge is 0.262 e. The molecule has 6 heteroatoms. The highest BCUT2D eigenvalue weighted by molar-refractivity contribution is 7.92. The molecule has 3 aromatic carbocycles. The second-order valence-electron chi connectivity index (χ2n) is 7.47. The first-order valence-electron chi connectivity index (χ1n) is 9.79. The van der Waals surface area contributed by atoms with Crippen molar-refractivity contribution in [2.24, 2.45) is 0 Å². The zero-order valence-corrected chi connectivity index (χ0v) is 18.2. The number of nitrogens with one attached hydrogen (secondary N) is 2. The van der Waals surface area contributed by atoms with Crippen LogP contribution in [0.4, 0.5) is 5.69 Å². The molecule has 0 unspecified atom stereocenters. The summed E-state index contributed by atoms with van der Waals surface area (Å²) in [5.41, 5.74) is 3.53. The molecule has 0 saturated heterocycles. The van der Waals surface area contributed by atoms with E-state index < -0.39 is 10.0 Å². The van der Waals surface area contributed by atoms with Crippen molar-refractivity contribution in [1.29, 1.82) is 0 Å². The van der Waals surface area contributed by atoms with Gasteiger partial charge in [-0.25, -0.2) is 8.42 Å². The lowest BCUT2D eigenvalue weighted by atomic mass is 10.0. The highest BCUT2D eigenvalue weighted by Crippen LogP contribution is 2.21. The summed E-state index contributed by atoms with van der Waals surface area (Å²) in [5.74, 6) is -0.156. The summed E-state index contributed by atoms with van der Waals surface area (Å²) in [6, 6.07) is 21.7. The van der Waals surface area contributed by atoms with E-state index in [2.05, 4.69) is 10.0 Å². The fourth-order valence-electron chi connectivity index (χ4n) is 3.11. The third-order valence-corrected chi connectivity index (χ3v) is 6.50. The number of hydrogen-bond acceptors (Lipinski definition) is 3. The van der Waals surface area contributed by atoms with Crippen LogP contribution in [0.1, 0.15) is 39.9 Å². The number of rotatable bonds is 7. The molecule has 0 aliphatic heterocycles. The van der Waals surface area contributed by atoms with Crippen molar-refractivity contribution in [1.82, 2.24) is 5.32 Å². The number of anilines is 1. The van der Waals surface area contributed by atoms with Crippen molar-refractivity contribution in [2.45, 2.75) is 31.6 Å². The second kappa shape index (κ2) is 9.13. The molecule has 3 rings (SSSR count). The molecular formula is C24H26N2O3S. The monoisotopic (exact) mass is 422 g/mol. The predicted molar refractivity (Wildman–Crippen MR) is 120 cm³/mol. The highest BCUT2D eigenvalue weighted by Gasteiger charge is 2.19. The Morgan fingerprint density at radius 2 is 1.60 bits per heavy atom. The quantitative estimate of drug-likeness (QED) is 0.583. The normalized spacial score (nSPS) is 12.2. The number of benzene rings is 3. The van der Waals surface area contributed by atoms with Gasteiger partial charge in [0.05, 0.1) is 4.90 Å². The number of hydrogen-bond donors (Lipinski definition) is 2. The van der Waals surface area contributed by atoms with Crippen molar-refractivity contribution in [3.8, 4) is 0 Å². The van der Waals surface area contributed by atoms with E-state index in [4.69, 9.17) is 0 Å². The molecule has 0 saturated carbocycles. The van der Waals surface area contributed by atoms with E-state index in [1.54, 1.807) is 31.2 Å². The average Bonchev–Trinajstić information content (AvgIpc) is 2.74. The van der Waals surface area contributed by atoms with E-state index in [9.17, 15) is 13.2 Å². The van der Waals surface area contributed by atoms with Gasteiger partial charge in [-0.2, -0.15) is 0 Å². The molecule has 156 valence electrons. The third-order valence-electron chi connectivity index (χ3n) is 4.98. The zero-order chi connectivity index (χ0) is 21.7. The molecule has 0 bridgehead atoms. The van der Waals surface area contributed by atoms with Crippen LogP contribution in [0.5, 0.6) is 0 Å². The number of amides is 1. The number of carbonyl (C=O) groups excluding carboxylic acids is 1.